The van der Waals surface area contributed by atoms with E-state index in [0.717, 1.165) is 56.0 Å². The molecule has 0 radical (unpaired) electrons. The van der Waals surface area contributed by atoms with E-state index < -0.39 is 0 Å². The number of imidazole rings is 2. The zero-order valence-electron chi connectivity index (χ0n) is 29.4. The first kappa shape index (κ1) is 29.8. The van der Waals surface area contributed by atoms with Gasteiger partial charge in [-0.3, -0.25) is 8.97 Å². The van der Waals surface area contributed by atoms with Crippen molar-refractivity contribution in [2.75, 3.05) is 4.90 Å². The van der Waals surface area contributed by atoms with Crippen molar-refractivity contribution in [2.45, 2.75) is 19.3 Å². The summed E-state index contributed by atoms with van der Waals surface area (Å²) >= 11 is 0. The lowest BCUT2D eigenvalue weighted by Gasteiger charge is -2.29. The quantitative estimate of drug-likeness (QED) is 0.181. The number of para-hydroxylation sites is 2. The first-order valence-electron chi connectivity index (χ1n) is 18.1. The molecular weight excluding hydrogens is 649 g/mol. The minimum atomic E-state index is -0.124. The van der Waals surface area contributed by atoms with Crippen LogP contribution in [0.25, 0.3) is 67.0 Å². The lowest BCUT2D eigenvalue weighted by atomic mass is 9.82. The molecule has 11 rings (SSSR count). The standard InChI is InChI=1S/C48H34N4O/c1-48(2)38-20-11-9-18-36(38)44-39(48)21-13-22-41(44)50(34-26-24-32(25-27-34)31-14-5-3-6-15-31)35-28-29-40-42(30-35)51(33-16-7-4-8-17-33)47-49-46-45(52(40)47)37-19-10-12-23-43(37)53-46/h3-30H,1-2H3. The SMILES string of the molecule is CC1(C)c2ccccc2-c2c(N(c3ccc(-c4ccccc4)cc3)c3ccc4c(c3)n(-c3ccccc3)c3nc5oc6ccccc6c5n43)cccc21. The monoisotopic (exact) mass is 682 g/mol. The Bertz CT molecular complexity index is 3020. The van der Waals surface area contributed by atoms with E-state index >= 15 is 0 Å². The van der Waals surface area contributed by atoms with Crippen LogP contribution in [-0.4, -0.2) is 14.0 Å². The number of furan rings is 1. The third-order valence-electron chi connectivity index (χ3n) is 11.1. The molecule has 3 aromatic heterocycles. The number of anilines is 3. The number of rotatable bonds is 5. The summed E-state index contributed by atoms with van der Waals surface area (Å²) in [4.78, 5) is 7.56. The van der Waals surface area contributed by atoms with Gasteiger partial charge in [0.2, 0.25) is 11.5 Å². The Labute approximate surface area is 306 Å². The van der Waals surface area contributed by atoms with Crippen LogP contribution in [0.5, 0.6) is 0 Å². The smallest absolute Gasteiger partial charge is 0.248 e. The van der Waals surface area contributed by atoms with Gasteiger partial charge in [-0.15, -0.1) is 0 Å². The second kappa shape index (κ2) is 11.1. The fourth-order valence-corrected chi connectivity index (χ4v) is 8.67. The summed E-state index contributed by atoms with van der Waals surface area (Å²) in [6.07, 6.45) is 0. The topological polar surface area (TPSA) is 38.6 Å². The van der Waals surface area contributed by atoms with E-state index in [-0.39, 0.29) is 5.41 Å². The molecule has 0 atom stereocenters. The fraction of sp³-hybridized carbons (Fsp3) is 0.0625. The molecule has 7 aromatic carbocycles. The van der Waals surface area contributed by atoms with Gasteiger partial charge >= 0.3 is 0 Å². The van der Waals surface area contributed by atoms with E-state index in [4.69, 9.17) is 9.40 Å². The van der Waals surface area contributed by atoms with Crippen LogP contribution in [0.1, 0.15) is 25.0 Å². The predicted molar refractivity (Wildman–Crippen MR) is 217 cm³/mol. The minimum Gasteiger partial charge on any atom is -0.436 e. The molecule has 5 heteroatoms. The van der Waals surface area contributed by atoms with E-state index in [9.17, 15) is 0 Å². The van der Waals surface area contributed by atoms with Gasteiger partial charge in [-0.25, -0.2) is 0 Å². The third-order valence-corrected chi connectivity index (χ3v) is 11.1. The molecular formula is C48H34N4O. The van der Waals surface area contributed by atoms with E-state index in [1.54, 1.807) is 0 Å². The van der Waals surface area contributed by atoms with Crippen molar-refractivity contribution >= 4 is 56.1 Å². The van der Waals surface area contributed by atoms with Crippen molar-refractivity contribution in [3.8, 4) is 27.9 Å². The van der Waals surface area contributed by atoms with Gasteiger partial charge in [0, 0.05) is 33.4 Å². The highest BCUT2D eigenvalue weighted by molar-refractivity contribution is 6.06. The number of aromatic nitrogens is 3. The van der Waals surface area contributed by atoms with Gasteiger partial charge < -0.3 is 9.32 Å². The Morgan fingerprint density at radius 2 is 1.26 bits per heavy atom. The Balaban J connectivity index is 1.20. The van der Waals surface area contributed by atoms with E-state index in [0.29, 0.717) is 5.71 Å². The zero-order valence-corrected chi connectivity index (χ0v) is 29.4. The van der Waals surface area contributed by atoms with Gasteiger partial charge in [-0.05, 0) is 88.5 Å². The number of fused-ring (bicyclic) bond motifs is 10. The Kier molecular flexibility index (Phi) is 6.23. The van der Waals surface area contributed by atoms with E-state index in [1.807, 2.05) is 12.1 Å². The lowest BCUT2D eigenvalue weighted by Crippen LogP contribution is -2.16. The van der Waals surface area contributed by atoms with Crippen LogP contribution in [0, 0.1) is 0 Å². The van der Waals surface area contributed by atoms with Crippen LogP contribution < -0.4 is 4.90 Å². The van der Waals surface area contributed by atoms with Crippen LogP contribution in [0.4, 0.5) is 17.1 Å². The van der Waals surface area contributed by atoms with E-state index in [1.165, 1.54) is 33.4 Å². The molecule has 0 fully saturated rings. The number of nitrogens with zero attached hydrogens (tertiary/aromatic N) is 4. The molecule has 0 bridgehead atoms. The summed E-state index contributed by atoms with van der Waals surface area (Å²) < 4.78 is 10.8. The van der Waals surface area contributed by atoms with Crippen LogP contribution in [0.2, 0.25) is 0 Å². The molecule has 0 spiro atoms. The van der Waals surface area contributed by atoms with Crippen LogP contribution >= 0.6 is 0 Å². The maximum absolute atomic E-state index is 6.29. The Morgan fingerprint density at radius 3 is 2.09 bits per heavy atom. The highest BCUT2D eigenvalue weighted by atomic mass is 16.3. The summed E-state index contributed by atoms with van der Waals surface area (Å²) in [7, 11) is 0. The van der Waals surface area contributed by atoms with Crippen molar-refractivity contribution in [3.05, 3.63) is 181 Å². The molecule has 5 nitrogen and oxygen atoms in total. The fourth-order valence-electron chi connectivity index (χ4n) is 8.67. The molecule has 252 valence electrons. The maximum atomic E-state index is 6.29. The molecule has 53 heavy (non-hydrogen) atoms. The molecule has 1 aliphatic carbocycles. The zero-order chi connectivity index (χ0) is 35.3. The molecule has 0 saturated carbocycles. The van der Waals surface area contributed by atoms with Gasteiger partial charge in [0.1, 0.15) is 11.1 Å². The van der Waals surface area contributed by atoms with Crippen molar-refractivity contribution < 1.29 is 4.42 Å². The summed E-state index contributed by atoms with van der Waals surface area (Å²) in [6.45, 7) is 4.69. The predicted octanol–water partition coefficient (Wildman–Crippen LogP) is 12.6. The first-order chi connectivity index (χ1) is 26.1. The molecule has 0 amide bonds. The van der Waals surface area contributed by atoms with Crippen LogP contribution in [0.3, 0.4) is 0 Å². The van der Waals surface area contributed by atoms with E-state index in [2.05, 4.69) is 185 Å². The maximum Gasteiger partial charge on any atom is 0.248 e. The highest BCUT2D eigenvalue weighted by Crippen LogP contribution is 2.54. The minimum absolute atomic E-state index is 0.124. The van der Waals surface area contributed by atoms with Crippen molar-refractivity contribution in [1.82, 2.24) is 14.0 Å². The van der Waals surface area contributed by atoms with Gasteiger partial charge in [-0.2, -0.15) is 4.98 Å². The molecule has 10 aromatic rings. The third kappa shape index (κ3) is 4.28. The van der Waals surface area contributed by atoms with Crippen LogP contribution in [-0.2, 0) is 5.41 Å². The van der Waals surface area contributed by atoms with Gasteiger partial charge in [0.25, 0.3) is 0 Å². The van der Waals surface area contributed by atoms with Crippen molar-refractivity contribution in [1.29, 1.82) is 0 Å². The second-order valence-corrected chi connectivity index (χ2v) is 14.5. The normalized spacial score (nSPS) is 13.2. The van der Waals surface area contributed by atoms with Crippen molar-refractivity contribution in [2.24, 2.45) is 0 Å². The average molecular weight is 683 g/mol. The summed E-state index contributed by atoms with van der Waals surface area (Å²) in [5, 5.41) is 1.05. The first-order valence-corrected chi connectivity index (χ1v) is 18.1. The lowest BCUT2D eigenvalue weighted by molar-refractivity contribution is 0.656. The summed E-state index contributed by atoms with van der Waals surface area (Å²) in [5.74, 6) is 0.817. The summed E-state index contributed by atoms with van der Waals surface area (Å²) in [6, 6.07) is 60.7. The molecule has 0 saturated heterocycles. The average Bonchev–Trinajstić information content (AvgIpc) is 3.90. The van der Waals surface area contributed by atoms with Crippen molar-refractivity contribution in [3.63, 3.8) is 0 Å². The largest absolute Gasteiger partial charge is 0.436 e. The van der Waals surface area contributed by atoms with Gasteiger partial charge in [-0.1, -0.05) is 123 Å². The Morgan fingerprint density at radius 1 is 0.585 bits per heavy atom. The molecule has 3 heterocycles. The second-order valence-electron chi connectivity index (χ2n) is 14.5. The Hall–Kier alpha value is -6.85. The number of hydrogen-bond donors (Lipinski definition) is 0. The number of benzene rings is 7. The molecule has 0 aliphatic heterocycles. The molecule has 0 N–H and O–H groups in total. The number of hydrogen-bond acceptors (Lipinski definition) is 3. The van der Waals surface area contributed by atoms with Crippen LogP contribution in [0.15, 0.2) is 174 Å². The molecule has 1 aliphatic rings. The highest BCUT2D eigenvalue weighted by Gasteiger charge is 2.37. The summed E-state index contributed by atoms with van der Waals surface area (Å²) in [5.41, 5.74) is 16.4. The molecule has 0 unspecified atom stereocenters. The van der Waals surface area contributed by atoms with Gasteiger partial charge in [0.15, 0.2) is 0 Å². The van der Waals surface area contributed by atoms with Gasteiger partial charge in [0.05, 0.1) is 16.7 Å².